The molecule has 1 aromatic rings. The minimum absolute atomic E-state index is 0.635. The van der Waals surface area contributed by atoms with Gasteiger partial charge in [-0.1, -0.05) is 116 Å². The first-order chi connectivity index (χ1) is 15.0. The number of hydrogen-bond acceptors (Lipinski definition) is 4. The summed E-state index contributed by atoms with van der Waals surface area (Å²) in [4.78, 5) is 11.9. The van der Waals surface area contributed by atoms with Crippen molar-refractivity contribution in [1.29, 1.82) is 0 Å². The van der Waals surface area contributed by atoms with Crippen molar-refractivity contribution in [3.8, 4) is 5.75 Å². The fraction of sp³-hybridized carbons (Fsp3) is 0.769. The largest absolute Gasteiger partial charge is 0.682 e. The van der Waals surface area contributed by atoms with Gasteiger partial charge in [-0.3, -0.25) is 0 Å². The van der Waals surface area contributed by atoms with E-state index in [9.17, 15) is 4.89 Å². The van der Waals surface area contributed by atoms with Crippen LogP contribution in [0.2, 0.25) is 0 Å². The molecule has 0 heterocycles. The van der Waals surface area contributed by atoms with E-state index in [2.05, 4.69) is 26.0 Å². The third-order valence-corrected chi connectivity index (χ3v) is 6.82. The van der Waals surface area contributed by atoms with E-state index in [1.54, 1.807) is 0 Å². The number of aryl methyl sites for hydroxylation is 2. The lowest BCUT2D eigenvalue weighted by Gasteiger charge is -2.42. The molecule has 1 rings (SSSR count). The molecule has 0 bridgehead atoms. The van der Waals surface area contributed by atoms with Gasteiger partial charge < -0.3 is 33.9 Å². The molecule has 0 fully saturated rings. The summed E-state index contributed by atoms with van der Waals surface area (Å²) in [5.74, 6) is 0.635. The summed E-state index contributed by atoms with van der Waals surface area (Å²) in [6.07, 6.45) is 19.7. The van der Waals surface area contributed by atoms with Crippen molar-refractivity contribution >= 4 is 30.6 Å². The summed E-state index contributed by atoms with van der Waals surface area (Å²) in [5, 5.41) is 0. The van der Waals surface area contributed by atoms with E-state index >= 15 is 0 Å². The number of unbranched alkanes of at least 4 members (excludes halogenated alkanes) is 14. The van der Waals surface area contributed by atoms with Crippen molar-refractivity contribution in [3.05, 3.63) is 29.3 Å². The number of rotatable bonds is 20. The lowest BCUT2D eigenvalue weighted by atomic mass is 9.99. The van der Waals surface area contributed by atoms with Crippen molar-refractivity contribution in [1.82, 2.24) is 0 Å². The molecule has 0 aliphatic heterocycles. The van der Waals surface area contributed by atoms with Crippen LogP contribution in [0.4, 0.5) is 0 Å². The Balaban J connectivity index is 2.43. The third kappa shape index (κ3) is 16.4. The average molecular weight is 485 g/mol. The summed E-state index contributed by atoms with van der Waals surface area (Å²) in [6, 6.07) is 6.26. The second-order valence-corrected chi connectivity index (χ2v) is 13.6. The first-order valence-electron chi connectivity index (χ1n) is 12.8. The maximum atomic E-state index is 11.9. The van der Waals surface area contributed by atoms with Crippen LogP contribution in [0.5, 0.6) is 5.75 Å². The Morgan fingerprint density at radius 2 is 1.13 bits per heavy atom. The van der Waals surface area contributed by atoms with Crippen molar-refractivity contribution < 1.29 is 9.42 Å². The summed E-state index contributed by atoms with van der Waals surface area (Å²) < 4.78 is 5.49. The summed E-state index contributed by atoms with van der Waals surface area (Å²) >= 11 is 9.70. The SMILES string of the molecule is CCCCCCCCCCc1ccc(O[P+]([O-])([S-])[S-])c(CCCCCCCCCC)c1. The second-order valence-electron chi connectivity index (χ2n) is 8.93. The standard InChI is InChI=1S/C26H47O2PS2/c1-3-5-7-9-11-13-15-17-19-24-21-22-26(28-29(27,30)31)25(23-24)20-18-16-14-12-10-8-6-4-2/h21-23H,3-20H2,1-2H3,(H2,27,30,31)/p-2. The van der Waals surface area contributed by atoms with Crippen molar-refractivity contribution in [3.63, 3.8) is 0 Å². The number of hydrogen-bond donors (Lipinski definition) is 0. The molecule has 0 atom stereocenters. The van der Waals surface area contributed by atoms with Gasteiger partial charge >= 0.3 is 0 Å². The Kier molecular flexibility index (Phi) is 17.4. The van der Waals surface area contributed by atoms with Crippen molar-refractivity contribution in [2.24, 2.45) is 0 Å². The Morgan fingerprint density at radius 3 is 1.61 bits per heavy atom. The lowest BCUT2D eigenvalue weighted by molar-refractivity contribution is -0.169. The Morgan fingerprint density at radius 1 is 0.677 bits per heavy atom. The molecule has 0 unspecified atom stereocenters. The highest BCUT2D eigenvalue weighted by Gasteiger charge is 2.09. The van der Waals surface area contributed by atoms with Gasteiger partial charge in [-0.2, -0.15) is 0 Å². The lowest BCUT2D eigenvalue weighted by Crippen LogP contribution is -2.10. The van der Waals surface area contributed by atoms with Crippen LogP contribution in [-0.2, 0) is 37.3 Å². The molecule has 180 valence electrons. The average Bonchev–Trinajstić information content (AvgIpc) is 2.72. The zero-order valence-electron chi connectivity index (χ0n) is 20.0. The predicted octanol–water partition coefficient (Wildman–Crippen LogP) is 8.56. The van der Waals surface area contributed by atoms with Crippen molar-refractivity contribution in [2.75, 3.05) is 0 Å². The number of benzene rings is 1. The van der Waals surface area contributed by atoms with E-state index in [0.29, 0.717) is 5.75 Å². The molecule has 0 amide bonds. The van der Waals surface area contributed by atoms with E-state index in [0.717, 1.165) is 24.8 Å². The monoisotopic (exact) mass is 484 g/mol. The molecule has 2 nitrogen and oxygen atoms in total. The zero-order chi connectivity index (χ0) is 22.8. The van der Waals surface area contributed by atoms with E-state index < -0.39 is 6.12 Å². The minimum atomic E-state index is -3.37. The molecular weight excluding hydrogens is 439 g/mol. The fourth-order valence-corrected chi connectivity index (χ4v) is 5.01. The highest BCUT2D eigenvalue weighted by Crippen LogP contribution is 2.47. The van der Waals surface area contributed by atoms with Crippen LogP contribution >= 0.6 is 6.12 Å². The maximum Gasteiger partial charge on any atom is 0.170 e. The molecule has 1 aromatic carbocycles. The fourth-order valence-electron chi connectivity index (χ4n) is 4.11. The third-order valence-electron chi connectivity index (χ3n) is 5.95. The first-order valence-corrected chi connectivity index (χ1v) is 16.4. The molecule has 0 aliphatic carbocycles. The van der Waals surface area contributed by atoms with Gasteiger partial charge in [-0.25, -0.2) is 0 Å². The first kappa shape index (κ1) is 29.1. The maximum absolute atomic E-state index is 11.9. The molecule has 0 radical (unpaired) electrons. The Labute approximate surface area is 204 Å². The van der Waals surface area contributed by atoms with Gasteiger partial charge in [0.15, 0.2) is 5.75 Å². The van der Waals surface area contributed by atoms with Gasteiger partial charge in [0.25, 0.3) is 0 Å². The van der Waals surface area contributed by atoms with Crippen LogP contribution in [0.1, 0.15) is 128 Å². The van der Waals surface area contributed by atoms with Crippen LogP contribution < -0.4 is 9.42 Å². The summed E-state index contributed by atoms with van der Waals surface area (Å²) in [6.45, 7) is 4.52. The second kappa shape index (κ2) is 18.5. The molecule has 31 heavy (non-hydrogen) atoms. The minimum Gasteiger partial charge on any atom is -0.682 e. The smallest absolute Gasteiger partial charge is 0.170 e. The van der Waals surface area contributed by atoms with Gasteiger partial charge in [0.2, 0.25) is 0 Å². The van der Waals surface area contributed by atoms with Gasteiger partial charge in [0.05, 0.1) is 0 Å². The highest BCUT2D eigenvalue weighted by atomic mass is 33.1. The Bertz CT molecular complexity index is 561. The van der Waals surface area contributed by atoms with E-state index in [1.165, 1.54) is 102 Å². The van der Waals surface area contributed by atoms with Crippen LogP contribution in [0.3, 0.4) is 0 Å². The van der Waals surface area contributed by atoms with Crippen LogP contribution in [-0.4, -0.2) is 0 Å². The quantitative estimate of drug-likeness (QED) is 0.105. The molecule has 0 spiro atoms. The summed E-state index contributed by atoms with van der Waals surface area (Å²) in [5.41, 5.74) is 2.47. The zero-order valence-corrected chi connectivity index (χ0v) is 22.6. The molecule has 0 aliphatic rings. The van der Waals surface area contributed by atoms with Crippen molar-refractivity contribution in [2.45, 2.75) is 129 Å². The highest BCUT2D eigenvalue weighted by molar-refractivity contribution is 8.69. The van der Waals surface area contributed by atoms with Crippen LogP contribution in [0, 0.1) is 0 Å². The topological polar surface area (TPSA) is 32.3 Å². The molecule has 0 aromatic heterocycles. The molecular formula is C26H45O2PS2-2. The van der Waals surface area contributed by atoms with E-state index in [4.69, 9.17) is 29.0 Å². The van der Waals surface area contributed by atoms with E-state index in [1.807, 2.05) is 6.07 Å². The normalized spacial score (nSPS) is 11.8. The molecule has 0 saturated carbocycles. The van der Waals surface area contributed by atoms with E-state index in [-0.39, 0.29) is 0 Å². The van der Waals surface area contributed by atoms with Gasteiger partial charge in [-0.15, -0.1) is 6.12 Å². The molecule has 5 heteroatoms. The summed E-state index contributed by atoms with van der Waals surface area (Å²) in [7, 11) is 0. The van der Waals surface area contributed by atoms with Gasteiger partial charge in [-0.05, 0) is 42.9 Å². The van der Waals surface area contributed by atoms with Crippen LogP contribution in [0.15, 0.2) is 18.2 Å². The molecule has 0 saturated heterocycles. The Hall–Kier alpha value is 0.110. The molecule has 0 N–H and O–H groups in total. The van der Waals surface area contributed by atoms with Gasteiger partial charge in [0.1, 0.15) is 0 Å². The van der Waals surface area contributed by atoms with Gasteiger partial charge in [0, 0.05) is 0 Å². The van der Waals surface area contributed by atoms with Crippen LogP contribution in [0.25, 0.3) is 0 Å². The predicted molar refractivity (Wildman–Crippen MR) is 141 cm³/mol.